The molecule has 1 unspecified atom stereocenters. The number of nitrogens with zero attached hydrogens (tertiary/aromatic N) is 2. The third-order valence-electron chi connectivity index (χ3n) is 6.62. The maximum Gasteiger partial charge on any atom is 0.391 e. The first-order chi connectivity index (χ1) is 16.3. The average molecular weight is 473 g/mol. The molecule has 1 amide bonds. The van der Waals surface area contributed by atoms with Crippen LogP contribution in [0.1, 0.15) is 57.2 Å². The summed E-state index contributed by atoms with van der Waals surface area (Å²) in [5.74, 6) is -1.31. The number of rotatable bonds is 6. The zero-order valence-electron chi connectivity index (χ0n) is 18.9. The molecular weight excluding hydrogens is 445 g/mol. The highest BCUT2D eigenvalue weighted by molar-refractivity contribution is 5.94. The van der Waals surface area contributed by atoms with Crippen LogP contribution in [0.15, 0.2) is 47.3 Å². The smallest absolute Gasteiger partial charge is 0.347 e. The number of hydrogen-bond donors (Lipinski definition) is 2. The molecule has 0 radical (unpaired) electrons. The number of amides is 1. The summed E-state index contributed by atoms with van der Waals surface area (Å²) in [6.07, 6.45) is -2.75. The summed E-state index contributed by atoms with van der Waals surface area (Å²) in [6, 6.07) is 12.8. The van der Waals surface area contributed by atoms with Crippen LogP contribution in [-0.4, -0.2) is 27.3 Å². The first-order valence-corrected chi connectivity index (χ1v) is 11.6. The van der Waals surface area contributed by atoms with Gasteiger partial charge in [-0.15, -0.1) is 10.2 Å². The minimum absolute atomic E-state index is 0.0550. The first-order valence-electron chi connectivity index (χ1n) is 11.6. The standard InChI is InChI=1S/C25H27F3N4O2/c1-2-20(29-21(33)14-15-10-12-17(13-11-15)25(26,27)28)22-24(34)30-23(32-31-22)19-9-5-7-16-6-3-4-8-18(16)19/h3-9,15,17,20H,2,10-14H2,1H3,(H,29,33)(H,30,32,34). The van der Waals surface area contributed by atoms with Gasteiger partial charge in [0.25, 0.3) is 5.56 Å². The van der Waals surface area contributed by atoms with Gasteiger partial charge in [-0.25, -0.2) is 0 Å². The van der Waals surface area contributed by atoms with Crippen LogP contribution in [0, 0.1) is 11.8 Å². The Morgan fingerprint density at radius 1 is 1.09 bits per heavy atom. The van der Waals surface area contributed by atoms with Crippen molar-refractivity contribution in [2.24, 2.45) is 11.8 Å². The van der Waals surface area contributed by atoms with Gasteiger partial charge in [-0.1, -0.05) is 49.4 Å². The van der Waals surface area contributed by atoms with Gasteiger partial charge in [0.2, 0.25) is 5.91 Å². The molecule has 0 spiro atoms. The third kappa shape index (κ3) is 5.29. The number of fused-ring (bicyclic) bond motifs is 1. The highest BCUT2D eigenvalue weighted by Crippen LogP contribution is 2.40. The van der Waals surface area contributed by atoms with E-state index in [-0.39, 0.29) is 36.8 Å². The molecule has 1 aliphatic rings. The van der Waals surface area contributed by atoms with Crippen LogP contribution in [0.2, 0.25) is 0 Å². The molecule has 34 heavy (non-hydrogen) atoms. The Morgan fingerprint density at radius 2 is 1.79 bits per heavy atom. The number of aromatic nitrogens is 3. The number of hydrogen-bond acceptors (Lipinski definition) is 4. The van der Waals surface area contributed by atoms with Crippen molar-refractivity contribution in [3.63, 3.8) is 0 Å². The predicted molar refractivity (Wildman–Crippen MR) is 123 cm³/mol. The van der Waals surface area contributed by atoms with Gasteiger partial charge in [-0.05, 0) is 48.8 Å². The second kappa shape index (κ2) is 9.95. The molecule has 4 rings (SSSR count). The molecule has 0 saturated heterocycles. The SMILES string of the molecule is CCC(NC(=O)CC1CCC(C(F)(F)F)CC1)c1nnc(-c2cccc3ccccc23)[nH]c1=O. The molecule has 3 aromatic rings. The normalized spacial score (nSPS) is 19.6. The Balaban J connectivity index is 1.44. The average Bonchev–Trinajstić information content (AvgIpc) is 2.82. The van der Waals surface area contributed by atoms with Crippen molar-refractivity contribution in [3.8, 4) is 11.4 Å². The van der Waals surface area contributed by atoms with Crippen LogP contribution in [0.25, 0.3) is 22.2 Å². The van der Waals surface area contributed by atoms with Crippen LogP contribution >= 0.6 is 0 Å². The van der Waals surface area contributed by atoms with Gasteiger partial charge >= 0.3 is 6.18 Å². The largest absolute Gasteiger partial charge is 0.391 e. The van der Waals surface area contributed by atoms with E-state index in [4.69, 9.17) is 0 Å². The molecule has 1 heterocycles. The van der Waals surface area contributed by atoms with Crippen molar-refractivity contribution in [2.75, 3.05) is 0 Å². The van der Waals surface area contributed by atoms with Crippen LogP contribution < -0.4 is 10.9 Å². The number of halogens is 3. The van der Waals surface area contributed by atoms with Crippen LogP contribution in [0.3, 0.4) is 0 Å². The fourth-order valence-electron chi connectivity index (χ4n) is 4.70. The summed E-state index contributed by atoms with van der Waals surface area (Å²) in [4.78, 5) is 28.2. The molecule has 180 valence electrons. The summed E-state index contributed by atoms with van der Waals surface area (Å²) in [6.45, 7) is 1.82. The van der Waals surface area contributed by atoms with Crippen molar-refractivity contribution in [1.82, 2.24) is 20.5 Å². The van der Waals surface area contributed by atoms with E-state index in [1.54, 1.807) is 0 Å². The zero-order chi connectivity index (χ0) is 24.3. The molecule has 1 saturated carbocycles. The topological polar surface area (TPSA) is 87.7 Å². The van der Waals surface area contributed by atoms with E-state index >= 15 is 0 Å². The van der Waals surface area contributed by atoms with Crippen molar-refractivity contribution in [2.45, 2.75) is 57.7 Å². The van der Waals surface area contributed by atoms with E-state index in [0.29, 0.717) is 25.1 Å². The Kier molecular flexibility index (Phi) is 7.00. The summed E-state index contributed by atoms with van der Waals surface area (Å²) in [7, 11) is 0. The molecule has 0 bridgehead atoms. The van der Waals surface area contributed by atoms with Gasteiger partial charge < -0.3 is 10.3 Å². The number of nitrogens with one attached hydrogen (secondary N) is 2. The number of alkyl halides is 3. The fraction of sp³-hybridized carbons (Fsp3) is 0.440. The van der Waals surface area contributed by atoms with Gasteiger partial charge in [0.05, 0.1) is 12.0 Å². The van der Waals surface area contributed by atoms with Gasteiger partial charge in [0.15, 0.2) is 11.5 Å². The lowest BCUT2D eigenvalue weighted by Crippen LogP contribution is -2.35. The van der Waals surface area contributed by atoms with Gasteiger partial charge in [0, 0.05) is 12.0 Å². The number of H-pyrrole nitrogens is 1. The minimum atomic E-state index is -4.17. The molecular formula is C25H27F3N4O2. The van der Waals surface area contributed by atoms with E-state index in [1.165, 1.54) is 0 Å². The second-order valence-electron chi connectivity index (χ2n) is 8.91. The molecule has 6 nitrogen and oxygen atoms in total. The predicted octanol–water partition coefficient (Wildman–Crippen LogP) is 5.31. The molecule has 1 aliphatic carbocycles. The zero-order valence-corrected chi connectivity index (χ0v) is 18.9. The molecule has 9 heteroatoms. The van der Waals surface area contributed by atoms with Crippen molar-refractivity contribution >= 4 is 16.7 Å². The Bertz CT molecular complexity index is 1210. The fourth-order valence-corrected chi connectivity index (χ4v) is 4.70. The van der Waals surface area contributed by atoms with Crippen molar-refractivity contribution < 1.29 is 18.0 Å². The van der Waals surface area contributed by atoms with Gasteiger partial charge in [-0.2, -0.15) is 13.2 Å². The molecule has 2 N–H and O–H groups in total. The Morgan fingerprint density at radius 3 is 2.47 bits per heavy atom. The highest BCUT2D eigenvalue weighted by Gasteiger charge is 2.41. The number of benzene rings is 2. The van der Waals surface area contributed by atoms with Crippen molar-refractivity contribution in [3.05, 3.63) is 58.5 Å². The van der Waals surface area contributed by atoms with E-state index in [1.807, 2.05) is 49.4 Å². The maximum atomic E-state index is 12.9. The third-order valence-corrected chi connectivity index (χ3v) is 6.62. The summed E-state index contributed by atoms with van der Waals surface area (Å²) < 4.78 is 38.6. The Labute approximate surface area is 195 Å². The second-order valence-corrected chi connectivity index (χ2v) is 8.91. The highest BCUT2D eigenvalue weighted by atomic mass is 19.4. The first kappa shape index (κ1) is 23.9. The molecule has 2 aromatic carbocycles. The summed E-state index contributed by atoms with van der Waals surface area (Å²) in [5, 5.41) is 13.1. The van der Waals surface area contributed by atoms with Crippen LogP contribution in [-0.2, 0) is 4.79 Å². The van der Waals surface area contributed by atoms with Gasteiger partial charge in [-0.3, -0.25) is 9.59 Å². The van der Waals surface area contributed by atoms with Crippen molar-refractivity contribution in [1.29, 1.82) is 0 Å². The maximum absolute atomic E-state index is 12.9. The van der Waals surface area contributed by atoms with Gasteiger partial charge in [0.1, 0.15) is 0 Å². The number of aromatic amines is 1. The lowest BCUT2D eigenvalue weighted by Gasteiger charge is -2.29. The minimum Gasteiger partial charge on any atom is -0.347 e. The summed E-state index contributed by atoms with van der Waals surface area (Å²) >= 11 is 0. The van der Waals surface area contributed by atoms with E-state index in [9.17, 15) is 22.8 Å². The molecule has 0 aliphatic heterocycles. The number of carbonyl (C=O) groups excluding carboxylic acids is 1. The molecule has 1 atom stereocenters. The van der Waals surface area contributed by atoms with Crippen LogP contribution in [0.5, 0.6) is 0 Å². The number of carbonyl (C=O) groups is 1. The molecule has 1 aromatic heterocycles. The molecule has 1 fully saturated rings. The monoisotopic (exact) mass is 472 g/mol. The summed E-state index contributed by atoms with van der Waals surface area (Å²) in [5.41, 5.74) is 0.428. The lowest BCUT2D eigenvalue weighted by molar-refractivity contribution is -0.184. The van der Waals surface area contributed by atoms with Crippen LogP contribution in [0.4, 0.5) is 13.2 Å². The van der Waals surface area contributed by atoms with E-state index in [0.717, 1.165) is 16.3 Å². The quantitative estimate of drug-likeness (QED) is 0.509. The Hall–Kier alpha value is -3.23. The van der Waals surface area contributed by atoms with E-state index in [2.05, 4.69) is 20.5 Å². The lowest BCUT2D eigenvalue weighted by atomic mass is 9.80. The van der Waals surface area contributed by atoms with E-state index < -0.39 is 23.7 Å².